The van der Waals surface area contributed by atoms with Crippen molar-refractivity contribution in [1.29, 1.82) is 0 Å². The summed E-state index contributed by atoms with van der Waals surface area (Å²) in [6.45, 7) is 4.21. The smallest absolute Gasteiger partial charge is 0.251 e. The number of rotatable bonds is 4. The Morgan fingerprint density at radius 3 is 2.74 bits per heavy atom. The van der Waals surface area contributed by atoms with Gasteiger partial charge in [-0.15, -0.1) is 0 Å². The molecular formula is C18H27N3O2. The van der Waals surface area contributed by atoms with Crippen molar-refractivity contribution >= 4 is 11.6 Å². The van der Waals surface area contributed by atoms with Crippen molar-refractivity contribution in [2.75, 3.05) is 25.0 Å². The summed E-state index contributed by atoms with van der Waals surface area (Å²) in [4.78, 5) is 14.5. The zero-order valence-corrected chi connectivity index (χ0v) is 13.8. The Bertz CT molecular complexity index is 541. The van der Waals surface area contributed by atoms with Crippen LogP contribution < -0.4 is 11.1 Å². The number of carbonyl (C=O) groups is 1. The molecule has 126 valence electrons. The standard InChI is InChI=1S/C18H27N3O2/c1-13-3-2-4-15(11-13)20-14-7-9-21(10-8-14)18(22)17-6-5-16(12-19)23-17/h2-4,11,14,16-17,20H,5-10,12,19H2,1H3/t16-,17+/m1/s1. The molecule has 1 aromatic carbocycles. The fraction of sp³-hybridized carbons (Fsp3) is 0.611. The van der Waals surface area contributed by atoms with Gasteiger partial charge in [-0.2, -0.15) is 0 Å². The predicted octanol–water partition coefficient (Wildman–Crippen LogP) is 1.90. The van der Waals surface area contributed by atoms with E-state index in [4.69, 9.17) is 10.5 Å². The summed E-state index contributed by atoms with van der Waals surface area (Å²) < 4.78 is 5.73. The van der Waals surface area contributed by atoms with E-state index in [9.17, 15) is 4.79 Å². The maximum atomic E-state index is 12.5. The number of piperidine rings is 1. The number of nitrogens with two attached hydrogens (primary N) is 1. The quantitative estimate of drug-likeness (QED) is 0.890. The molecule has 0 saturated carbocycles. The molecule has 0 radical (unpaired) electrons. The van der Waals surface area contributed by atoms with E-state index in [1.165, 1.54) is 11.3 Å². The molecule has 0 bridgehead atoms. The first-order valence-electron chi connectivity index (χ1n) is 8.63. The topological polar surface area (TPSA) is 67.6 Å². The minimum absolute atomic E-state index is 0.0597. The summed E-state index contributed by atoms with van der Waals surface area (Å²) >= 11 is 0. The molecule has 2 aliphatic rings. The van der Waals surface area contributed by atoms with Gasteiger partial charge < -0.3 is 20.7 Å². The molecule has 0 aromatic heterocycles. The number of hydrogen-bond donors (Lipinski definition) is 2. The van der Waals surface area contributed by atoms with Crippen LogP contribution in [0.1, 0.15) is 31.2 Å². The van der Waals surface area contributed by atoms with Gasteiger partial charge in [-0.25, -0.2) is 0 Å². The minimum atomic E-state index is -0.273. The number of anilines is 1. The fourth-order valence-corrected chi connectivity index (χ4v) is 3.48. The molecule has 2 heterocycles. The third-order valence-corrected chi connectivity index (χ3v) is 4.84. The van der Waals surface area contributed by atoms with Crippen LogP contribution in [-0.4, -0.2) is 48.7 Å². The molecule has 1 amide bonds. The summed E-state index contributed by atoms with van der Waals surface area (Å²) in [7, 11) is 0. The fourth-order valence-electron chi connectivity index (χ4n) is 3.48. The van der Waals surface area contributed by atoms with Crippen LogP contribution in [0.3, 0.4) is 0 Å². The highest BCUT2D eigenvalue weighted by Crippen LogP contribution is 2.23. The van der Waals surface area contributed by atoms with Gasteiger partial charge in [-0.3, -0.25) is 4.79 Å². The average Bonchev–Trinajstić information content (AvgIpc) is 3.04. The Morgan fingerprint density at radius 2 is 2.09 bits per heavy atom. The summed E-state index contributed by atoms with van der Waals surface area (Å²) in [6, 6.07) is 8.87. The van der Waals surface area contributed by atoms with E-state index >= 15 is 0 Å². The second kappa shape index (κ2) is 7.32. The number of nitrogens with one attached hydrogen (secondary N) is 1. The van der Waals surface area contributed by atoms with Crippen LogP contribution in [0.15, 0.2) is 24.3 Å². The van der Waals surface area contributed by atoms with Gasteiger partial charge in [0.2, 0.25) is 0 Å². The molecule has 2 atom stereocenters. The highest BCUT2D eigenvalue weighted by Gasteiger charge is 2.34. The third-order valence-electron chi connectivity index (χ3n) is 4.84. The molecule has 23 heavy (non-hydrogen) atoms. The average molecular weight is 317 g/mol. The zero-order valence-electron chi connectivity index (χ0n) is 13.8. The zero-order chi connectivity index (χ0) is 16.2. The van der Waals surface area contributed by atoms with E-state index in [2.05, 4.69) is 36.5 Å². The molecule has 2 fully saturated rings. The van der Waals surface area contributed by atoms with E-state index in [-0.39, 0.29) is 18.1 Å². The van der Waals surface area contributed by atoms with Crippen molar-refractivity contribution < 1.29 is 9.53 Å². The number of carbonyl (C=O) groups excluding carboxylic acids is 1. The van der Waals surface area contributed by atoms with Crippen molar-refractivity contribution in [2.45, 2.75) is 50.9 Å². The van der Waals surface area contributed by atoms with E-state index in [0.29, 0.717) is 12.6 Å². The van der Waals surface area contributed by atoms with Crippen molar-refractivity contribution in [3.8, 4) is 0 Å². The van der Waals surface area contributed by atoms with Crippen LogP contribution >= 0.6 is 0 Å². The van der Waals surface area contributed by atoms with Crippen LogP contribution in [0.5, 0.6) is 0 Å². The largest absolute Gasteiger partial charge is 0.382 e. The van der Waals surface area contributed by atoms with Gasteiger partial charge in [0.05, 0.1) is 6.10 Å². The Kier molecular flexibility index (Phi) is 5.18. The van der Waals surface area contributed by atoms with Gasteiger partial charge in [0.1, 0.15) is 6.10 Å². The van der Waals surface area contributed by atoms with Crippen molar-refractivity contribution in [2.24, 2.45) is 5.73 Å². The van der Waals surface area contributed by atoms with Gasteiger partial charge in [0, 0.05) is 31.4 Å². The molecule has 5 nitrogen and oxygen atoms in total. The molecule has 0 spiro atoms. The van der Waals surface area contributed by atoms with E-state index in [1.54, 1.807) is 0 Å². The Balaban J connectivity index is 1.47. The number of benzene rings is 1. The third kappa shape index (κ3) is 4.03. The summed E-state index contributed by atoms with van der Waals surface area (Å²) in [5.74, 6) is 0.148. The van der Waals surface area contributed by atoms with Crippen LogP contribution in [0.2, 0.25) is 0 Å². The summed E-state index contributed by atoms with van der Waals surface area (Å²) in [5.41, 5.74) is 8.04. The van der Waals surface area contributed by atoms with Gasteiger partial charge in [-0.1, -0.05) is 12.1 Å². The highest BCUT2D eigenvalue weighted by molar-refractivity contribution is 5.81. The Labute approximate surface area is 138 Å². The van der Waals surface area contributed by atoms with E-state index in [0.717, 1.165) is 38.8 Å². The lowest BCUT2D eigenvalue weighted by molar-refractivity contribution is -0.143. The van der Waals surface area contributed by atoms with E-state index in [1.807, 2.05) is 4.90 Å². The Morgan fingerprint density at radius 1 is 1.30 bits per heavy atom. The monoisotopic (exact) mass is 317 g/mol. The van der Waals surface area contributed by atoms with Gasteiger partial charge in [-0.05, 0) is 50.3 Å². The molecule has 2 saturated heterocycles. The lowest BCUT2D eigenvalue weighted by Gasteiger charge is -2.34. The maximum Gasteiger partial charge on any atom is 0.251 e. The molecule has 1 aromatic rings. The van der Waals surface area contributed by atoms with Gasteiger partial charge in [0.15, 0.2) is 0 Å². The van der Waals surface area contributed by atoms with Crippen molar-refractivity contribution in [3.63, 3.8) is 0 Å². The molecule has 3 N–H and O–H groups in total. The predicted molar refractivity (Wildman–Crippen MR) is 91.4 cm³/mol. The lowest BCUT2D eigenvalue weighted by atomic mass is 10.0. The molecule has 5 heteroatoms. The SMILES string of the molecule is Cc1cccc(NC2CCN(C(=O)[C@@H]3CC[C@H](CN)O3)CC2)c1. The summed E-state index contributed by atoms with van der Waals surface area (Å²) in [5, 5.41) is 3.58. The van der Waals surface area contributed by atoms with Gasteiger partial charge >= 0.3 is 0 Å². The van der Waals surface area contributed by atoms with Crippen LogP contribution in [0.4, 0.5) is 5.69 Å². The van der Waals surface area contributed by atoms with Crippen LogP contribution in [-0.2, 0) is 9.53 Å². The minimum Gasteiger partial charge on any atom is -0.382 e. The lowest BCUT2D eigenvalue weighted by Crippen LogP contribution is -2.46. The van der Waals surface area contributed by atoms with E-state index < -0.39 is 0 Å². The molecule has 0 aliphatic carbocycles. The second-order valence-electron chi connectivity index (χ2n) is 6.67. The normalized spacial score (nSPS) is 25.6. The number of aryl methyl sites for hydroxylation is 1. The van der Waals surface area contributed by atoms with Gasteiger partial charge in [0.25, 0.3) is 5.91 Å². The van der Waals surface area contributed by atoms with Crippen LogP contribution in [0.25, 0.3) is 0 Å². The number of amides is 1. The number of ether oxygens (including phenoxy) is 1. The summed E-state index contributed by atoms with van der Waals surface area (Å²) in [6.07, 6.45) is 3.45. The van der Waals surface area contributed by atoms with Crippen molar-refractivity contribution in [1.82, 2.24) is 4.90 Å². The van der Waals surface area contributed by atoms with Crippen LogP contribution in [0, 0.1) is 6.92 Å². The Hall–Kier alpha value is -1.59. The number of likely N-dealkylation sites (tertiary alicyclic amines) is 1. The molecular weight excluding hydrogens is 290 g/mol. The molecule has 2 aliphatic heterocycles. The van der Waals surface area contributed by atoms with Crippen molar-refractivity contribution in [3.05, 3.63) is 29.8 Å². The highest BCUT2D eigenvalue weighted by atomic mass is 16.5. The second-order valence-corrected chi connectivity index (χ2v) is 6.67. The first-order chi connectivity index (χ1) is 11.2. The molecule has 3 rings (SSSR count). The number of nitrogens with zero attached hydrogens (tertiary/aromatic N) is 1. The maximum absolute atomic E-state index is 12.5. The first-order valence-corrected chi connectivity index (χ1v) is 8.63. The molecule has 0 unspecified atom stereocenters. The first kappa shape index (κ1) is 16.3. The number of hydrogen-bond acceptors (Lipinski definition) is 4.